The highest BCUT2D eigenvalue weighted by molar-refractivity contribution is 6.33. The van der Waals surface area contributed by atoms with Crippen LogP contribution < -0.4 is 14.9 Å². The van der Waals surface area contributed by atoms with Crippen molar-refractivity contribution in [2.75, 3.05) is 12.0 Å². The Morgan fingerprint density at radius 1 is 1.23 bits per heavy atom. The zero-order chi connectivity index (χ0) is 19.1. The summed E-state index contributed by atoms with van der Waals surface area (Å²) in [7, 11) is 0. The first-order valence-corrected chi connectivity index (χ1v) is 8.05. The maximum atomic E-state index is 11.1. The van der Waals surface area contributed by atoms with Crippen LogP contribution in [-0.2, 0) is 4.79 Å². The van der Waals surface area contributed by atoms with Crippen LogP contribution in [0.5, 0.6) is 11.5 Å². The van der Waals surface area contributed by atoms with Crippen LogP contribution in [0.15, 0.2) is 41.5 Å². The van der Waals surface area contributed by atoms with Crippen LogP contribution in [-0.4, -0.2) is 29.9 Å². The molecule has 0 saturated heterocycles. The molecule has 0 atom stereocenters. The highest BCUT2D eigenvalue weighted by Crippen LogP contribution is 2.28. The van der Waals surface area contributed by atoms with Crippen molar-refractivity contribution in [3.63, 3.8) is 0 Å². The average Bonchev–Trinajstić information content (AvgIpc) is 2.58. The number of anilines is 1. The van der Waals surface area contributed by atoms with Gasteiger partial charge in [0.2, 0.25) is 0 Å². The lowest BCUT2D eigenvalue weighted by Crippen LogP contribution is -2.04. The lowest BCUT2D eigenvalue weighted by molar-refractivity contribution is -0.132. The van der Waals surface area contributed by atoms with E-state index in [-0.39, 0.29) is 10.6 Å². The summed E-state index contributed by atoms with van der Waals surface area (Å²) in [5.74, 6) is -0.810. The Hall–Kier alpha value is -3.06. The SMILES string of the molecule is CCOc1cc(/C=N\Nc2ccc(Cl)c(C(=O)O)c2)ccc1OC(C)=O. The first kappa shape index (κ1) is 19.3. The van der Waals surface area contributed by atoms with E-state index in [2.05, 4.69) is 10.5 Å². The Kier molecular flexibility index (Phi) is 6.57. The molecule has 136 valence electrons. The minimum Gasteiger partial charge on any atom is -0.490 e. The molecule has 7 nitrogen and oxygen atoms in total. The number of halogens is 1. The summed E-state index contributed by atoms with van der Waals surface area (Å²) in [6, 6.07) is 9.47. The molecule has 0 bridgehead atoms. The highest BCUT2D eigenvalue weighted by Gasteiger charge is 2.10. The van der Waals surface area contributed by atoms with Crippen LogP contribution in [0.2, 0.25) is 5.02 Å². The highest BCUT2D eigenvalue weighted by atomic mass is 35.5. The van der Waals surface area contributed by atoms with Crippen LogP contribution >= 0.6 is 11.6 Å². The van der Waals surface area contributed by atoms with Crippen molar-refractivity contribution in [3.8, 4) is 11.5 Å². The van der Waals surface area contributed by atoms with Crippen LogP contribution in [0.25, 0.3) is 0 Å². The van der Waals surface area contributed by atoms with E-state index in [1.54, 1.807) is 24.3 Å². The number of carboxylic acid groups (broad SMARTS) is 1. The molecule has 0 amide bonds. The number of nitrogens with one attached hydrogen (secondary N) is 1. The quantitative estimate of drug-likeness (QED) is 0.330. The summed E-state index contributed by atoms with van der Waals surface area (Å²) < 4.78 is 10.5. The van der Waals surface area contributed by atoms with E-state index in [4.69, 9.17) is 26.2 Å². The Labute approximate surface area is 155 Å². The fourth-order valence-electron chi connectivity index (χ4n) is 2.05. The van der Waals surface area contributed by atoms with E-state index in [0.29, 0.717) is 29.4 Å². The van der Waals surface area contributed by atoms with E-state index in [9.17, 15) is 9.59 Å². The van der Waals surface area contributed by atoms with Gasteiger partial charge < -0.3 is 14.6 Å². The van der Waals surface area contributed by atoms with Crippen LogP contribution in [0.3, 0.4) is 0 Å². The maximum absolute atomic E-state index is 11.1. The topological polar surface area (TPSA) is 97.2 Å². The summed E-state index contributed by atoms with van der Waals surface area (Å²) in [6.07, 6.45) is 1.52. The van der Waals surface area contributed by atoms with E-state index >= 15 is 0 Å². The summed E-state index contributed by atoms with van der Waals surface area (Å²) in [5, 5.41) is 13.3. The first-order valence-electron chi connectivity index (χ1n) is 7.68. The molecule has 0 saturated carbocycles. The van der Waals surface area contributed by atoms with Crippen molar-refractivity contribution in [2.45, 2.75) is 13.8 Å². The number of ether oxygens (including phenoxy) is 2. The number of hydrogen-bond donors (Lipinski definition) is 2. The van der Waals surface area contributed by atoms with Gasteiger partial charge in [-0.05, 0) is 48.9 Å². The van der Waals surface area contributed by atoms with Crippen LogP contribution in [0.1, 0.15) is 29.8 Å². The van der Waals surface area contributed by atoms with Gasteiger partial charge in [-0.3, -0.25) is 10.2 Å². The average molecular weight is 377 g/mol. The van der Waals surface area contributed by atoms with Gasteiger partial charge in [-0.25, -0.2) is 4.79 Å². The second-order valence-electron chi connectivity index (χ2n) is 5.10. The van der Waals surface area contributed by atoms with Crippen LogP contribution in [0, 0.1) is 0 Å². The molecule has 0 fully saturated rings. The number of carbonyl (C=O) groups excluding carboxylic acids is 1. The zero-order valence-electron chi connectivity index (χ0n) is 14.2. The summed E-state index contributed by atoms with van der Waals surface area (Å²) in [5.41, 5.74) is 3.89. The van der Waals surface area contributed by atoms with Gasteiger partial charge >= 0.3 is 11.9 Å². The molecule has 0 aliphatic carbocycles. The molecule has 26 heavy (non-hydrogen) atoms. The first-order chi connectivity index (χ1) is 12.4. The monoisotopic (exact) mass is 376 g/mol. The second-order valence-corrected chi connectivity index (χ2v) is 5.51. The molecule has 0 spiro atoms. The molecule has 0 unspecified atom stereocenters. The van der Waals surface area contributed by atoms with Crippen molar-refractivity contribution < 1.29 is 24.2 Å². The third-order valence-electron chi connectivity index (χ3n) is 3.13. The van der Waals surface area contributed by atoms with Crippen molar-refractivity contribution in [3.05, 3.63) is 52.5 Å². The lowest BCUT2D eigenvalue weighted by Gasteiger charge is -2.10. The minimum absolute atomic E-state index is 0.0174. The molecular formula is C18H17ClN2O5. The predicted octanol–water partition coefficient (Wildman–Crippen LogP) is 3.81. The van der Waals surface area contributed by atoms with E-state index in [0.717, 1.165) is 0 Å². The minimum atomic E-state index is -1.12. The fraction of sp³-hybridized carbons (Fsp3) is 0.167. The van der Waals surface area contributed by atoms with Gasteiger partial charge in [-0.15, -0.1) is 0 Å². The van der Waals surface area contributed by atoms with E-state index in [1.165, 1.54) is 25.3 Å². The molecule has 8 heteroatoms. The summed E-state index contributed by atoms with van der Waals surface area (Å²) in [6.45, 7) is 3.54. The molecule has 0 heterocycles. The number of benzene rings is 2. The van der Waals surface area contributed by atoms with E-state index < -0.39 is 11.9 Å². The van der Waals surface area contributed by atoms with Crippen molar-refractivity contribution in [1.82, 2.24) is 0 Å². The molecule has 0 aliphatic heterocycles. The zero-order valence-corrected chi connectivity index (χ0v) is 14.9. The smallest absolute Gasteiger partial charge is 0.337 e. The van der Waals surface area contributed by atoms with E-state index in [1.807, 2.05) is 6.92 Å². The molecule has 0 aromatic heterocycles. The van der Waals surface area contributed by atoms with Gasteiger partial charge in [0.05, 0.1) is 29.1 Å². The standard InChI is InChI=1S/C18H17ClN2O5/c1-3-25-17-8-12(4-7-16(17)26-11(2)22)10-20-21-13-5-6-15(19)14(9-13)18(23)24/h4-10,21H,3H2,1-2H3,(H,23,24)/b20-10-. The van der Waals surface area contributed by atoms with Crippen molar-refractivity contribution in [1.29, 1.82) is 0 Å². The number of rotatable bonds is 7. The van der Waals surface area contributed by atoms with Crippen molar-refractivity contribution in [2.24, 2.45) is 5.10 Å². The van der Waals surface area contributed by atoms with Gasteiger partial charge in [0.15, 0.2) is 11.5 Å². The number of carboxylic acids is 1. The number of hydrazone groups is 1. The van der Waals surface area contributed by atoms with Gasteiger partial charge in [0, 0.05) is 6.92 Å². The van der Waals surface area contributed by atoms with Gasteiger partial charge in [0.25, 0.3) is 0 Å². The number of hydrogen-bond acceptors (Lipinski definition) is 6. The van der Waals surface area contributed by atoms with Gasteiger partial charge in [-0.1, -0.05) is 11.6 Å². The Bertz CT molecular complexity index is 851. The molecule has 2 rings (SSSR count). The second kappa shape index (κ2) is 8.87. The summed E-state index contributed by atoms with van der Waals surface area (Å²) >= 11 is 5.82. The lowest BCUT2D eigenvalue weighted by atomic mass is 10.2. The third-order valence-corrected chi connectivity index (χ3v) is 3.45. The normalized spacial score (nSPS) is 10.6. The molecule has 2 aromatic carbocycles. The fourth-order valence-corrected chi connectivity index (χ4v) is 2.25. The Morgan fingerprint density at radius 3 is 2.65 bits per heavy atom. The number of carbonyl (C=O) groups is 2. The summed E-state index contributed by atoms with van der Waals surface area (Å²) in [4.78, 5) is 22.2. The molecule has 2 aromatic rings. The van der Waals surface area contributed by atoms with Gasteiger partial charge in [0.1, 0.15) is 0 Å². The number of esters is 1. The molecule has 0 radical (unpaired) electrons. The van der Waals surface area contributed by atoms with Crippen LogP contribution in [0.4, 0.5) is 5.69 Å². The van der Waals surface area contributed by atoms with Gasteiger partial charge in [-0.2, -0.15) is 5.10 Å². The molecule has 0 aliphatic rings. The Morgan fingerprint density at radius 2 is 2.00 bits per heavy atom. The predicted molar refractivity (Wildman–Crippen MR) is 98.5 cm³/mol. The largest absolute Gasteiger partial charge is 0.490 e. The molecular weight excluding hydrogens is 360 g/mol. The molecule has 2 N–H and O–H groups in total. The number of nitrogens with zero attached hydrogens (tertiary/aromatic N) is 1. The van der Waals surface area contributed by atoms with Crippen molar-refractivity contribution >= 4 is 35.4 Å². The third kappa shape index (κ3) is 5.22. The Balaban J connectivity index is 2.15. The number of aromatic carboxylic acids is 1. The maximum Gasteiger partial charge on any atom is 0.337 e.